The minimum Gasteiger partial charge on any atom is -0.501 e. The van der Waals surface area contributed by atoms with E-state index in [0.717, 1.165) is 13.0 Å². The van der Waals surface area contributed by atoms with Gasteiger partial charge in [-0.15, -0.1) is 0 Å². The molecule has 1 aliphatic heterocycles. The fourth-order valence-electron chi connectivity index (χ4n) is 1.13. The molecule has 1 nitrogen and oxygen atoms in total. The minimum atomic E-state index is 0.616. The smallest absolute Gasteiger partial charge is 0.0940 e. The summed E-state index contributed by atoms with van der Waals surface area (Å²) in [4.78, 5) is 0. The molecule has 0 fully saturated rings. The fraction of sp³-hybridized carbons (Fsp3) is 0.600. The summed E-state index contributed by atoms with van der Waals surface area (Å²) in [6.07, 6.45) is 5.11. The van der Waals surface area contributed by atoms with Gasteiger partial charge in [0.2, 0.25) is 0 Å². The Morgan fingerprint density at radius 1 is 1.45 bits per heavy atom. The lowest BCUT2D eigenvalue weighted by atomic mass is 9.99. The molecule has 1 atom stereocenters. The fourth-order valence-corrected chi connectivity index (χ4v) is 1.13. The molecule has 0 saturated heterocycles. The highest BCUT2D eigenvalue weighted by Crippen LogP contribution is 2.19. The maximum atomic E-state index is 5.13. The maximum Gasteiger partial charge on any atom is 0.0940 e. The number of ether oxygens (including phenoxy) is 1. The van der Waals surface area contributed by atoms with Crippen LogP contribution in [-0.4, -0.2) is 6.61 Å². The Kier molecular flexibility index (Phi) is 2.75. The number of rotatable bonds is 2. The Balaban J connectivity index is 2.42. The predicted octanol–water partition coefficient (Wildman–Crippen LogP) is 2.89. The number of hydrogen-bond donors (Lipinski definition) is 0. The molecule has 62 valence electrons. The Labute approximate surface area is 68.8 Å². The van der Waals surface area contributed by atoms with Crippen LogP contribution in [0.5, 0.6) is 0 Å². The van der Waals surface area contributed by atoms with Crippen LogP contribution < -0.4 is 0 Å². The first-order valence-corrected chi connectivity index (χ1v) is 4.11. The third kappa shape index (κ3) is 2.41. The normalized spacial score (nSPS) is 21.5. The molecule has 0 amide bonds. The summed E-state index contributed by atoms with van der Waals surface area (Å²) in [5, 5.41) is 0. The molecule has 1 rings (SSSR count). The average Bonchev–Trinajstić information content (AvgIpc) is 2.39. The summed E-state index contributed by atoms with van der Waals surface area (Å²) >= 11 is 0. The molecule has 0 radical (unpaired) electrons. The number of allylic oxidation sites excluding steroid dienone is 2. The summed E-state index contributed by atoms with van der Waals surface area (Å²) in [6, 6.07) is 0. The van der Waals surface area contributed by atoms with Crippen molar-refractivity contribution in [3.8, 4) is 0 Å². The zero-order valence-electron chi connectivity index (χ0n) is 7.55. The van der Waals surface area contributed by atoms with E-state index in [9.17, 15) is 0 Å². The van der Waals surface area contributed by atoms with Gasteiger partial charge in [-0.05, 0) is 33.3 Å². The van der Waals surface area contributed by atoms with E-state index in [-0.39, 0.29) is 0 Å². The van der Waals surface area contributed by atoms with Crippen molar-refractivity contribution in [1.82, 2.24) is 0 Å². The van der Waals surface area contributed by atoms with Crippen LogP contribution in [-0.2, 0) is 4.74 Å². The molecule has 0 aromatic heterocycles. The second-order valence-corrected chi connectivity index (χ2v) is 3.41. The molecule has 1 aliphatic rings. The van der Waals surface area contributed by atoms with Gasteiger partial charge in [-0.25, -0.2) is 0 Å². The van der Waals surface area contributed by atoms with Gasteiger partial charge in [0.1, 0.15) is 0 Å². The van der Waals surface area contributed by atoms with Gasteiger partial charge in [0.15, 0.2) is 0 Å². The maximum absolute atomic E-state index is 5.13. The minimum absolute atomic E-state index is 0.616. The van der Waals surface area contributed by atoms with E-state index in [1.54, 1.807) is 0 Å². The molecule has 11 heavy (non-hydrogen) atoms. The van der Waals surface area contributed by atoms with Crippen LogP contribution in [0.2, 0.25) is 0 Å². The highest BCUT2D eigenvalue weighted by Gasteiger charge is 2.10. The van der Waals surface area contributed by atoms with Gasteiger partial charge in [0.25, 0.3) is 0 Å². The van der Waals surface area contributed by atoms with Gasteiger partial charge in [-0.1, -0.05) is 11.1 Å². The molecule has 0 aromatic carbocycles. The Bertz CT molecular complexity index is 185. The second kappa shape index (κ2) is 3.61. The predicted molar refractivity (Wildman–Crippen MR) is 47.2 cm³/mol. The molecular weight excluding hydrogens is 136 g/mol. The van der Waals surface area contributed by atoms with Crippen LogP contribution in [0.1, 0.15) is 27.2 Å². The van der Waals surface area contributed by atoms with Crippen LogP contribution in [0, 0.1) is 5.92 Å². The van der Waals surface area contributed by atoms with Crippen molar-refractivity contribution >= 4 is 0 Å². The molecule has 0 aliphatic carbocycles. The third-order valence-electron chi connectivity index (χ3n) is 2.18. The first-order valence-electron chi connectivity index (χ1n) is 4.11. The van der Waals surface area contributed by atoms with E-state index in [4.69, 9.17) is 4.74 Å². The van der Waals surface area contributed by atoms with Gasteiger partial charge in [0.05, 0.1) is 12.9 Å². The van der Waals surface area contributed by atoms with Gasteiger partial charge in [-0.3, -0.25) is 0 Å². The Morgan fingerprint density at radius 3 is 2.64 bits per heavy atom. The van der Waals surface area contributed by atoms with Crippen LogP contribution in [0.3, 0.4) is 0 Å². The summed E-state index contributed by atoms with van der Waals surface area (Å²) in [5.41, 5.74) is 2.93. The molecule has 1 heterocycles. The van der Waals surface area contributed by atoms with Crippen molar-refractivity contribution in [1.29, 1.82) is 0 Å². The van der Waals surface area contributed by atoms with Crippen LogP contribution in [0.15, 0.2) is 23.5 Å². The molecular formula is C10H16O. The Hall–Kier alpha value is -0.720. The number of hydrogen-bond acceptors (Lipinski definition) is 1. The van der Waals surface area contributed by atoms with Crippen molar-refractivity contribution in [2.45, 2.75) is 27.2 Å². The Morgan fingerprint density at radius 2 is 2.18 bits per heavy atom. The molecule has 0 bridgehead atoms. The zero-order chi connectivity index (χ0) is 8.27. The lowest BCUT2D eigenvalue weighted by Gasteiger charge is -2.07. The molecule has 0 saturated carbocycles. The second-order valence-electron chi connectivity index (χ2n) is 3.41. The van der Waals surface area contributed by atoms with Crippen molar-refractivity contribution in [2.75, 3.05) is 6.61 Å². The zero-order valence-corrected chi connectivity index (χ0v) is 7.55. The van der Waals surface area contributed by atoms with Gasteiger partial charge in [0, 0.05) is 5.92 Å². The topological polar surface area (TPSA) is 9.23 Å². The van der Waals surface area contributed by atoms with Crippen molar-refractivity contribution in [3.63, 3.8) is 0 Å². The lowest BCUT2D eigenvalue weighted by Crippen LogP contribution is -1.99. The van der Waals surface area contributed by atoms with Gasteiger partial charge in [-0.2, -0.15) is 0 Å². The largest absolute Gasteiger partial charge is 0.501 e. The summed E-state index contributed by atoms with van der Waals surface area (Å²) in [6.45, 7) is 7.38. The lowest BCUT2D eigenvalue weighted by molar-refractivity contribution is 0.248. The van der Waals surface area contributed by atoms with E-state index >= 15 is 0 Å². The first kappa shape index (κ1) is 8.38. The van der Waals surface area contributed by atoms with Gasteiger partial charge >= 0.3 is 0 Å². The SMILES string of the molecule is CC(C)=C(C)C[C@H]1C=COC1. The van der Waals surface area contributed by atoms with Crippen LogP contribution in [0.4, 0.5) is 0 Å². The van der Waals surface area contributed by atoms with E-state index < -0.39 is 0 Å². The van der Waals surface area contributed by atoms with Crippen molar-refractivity contribution in [3.05, 3.63) is 23.5 Å². The third-order valence-corrected chi connectivity index (χ3v) is 2.18. The van der Waals surface area contributed by atoms with E-state index in [2.05, 4.69) is 26.8 Å². The van der Waals surface area contributed by atoms with Gasteiger partial charge < -0.3 is 4.74 Å². The highest BCUT2D eigenvalue weighted by molar-refractivity contribution is 5.09. The molecule has 0 spiro atoms. The van der Waals surface area contributed by atoms with Crippen molar-refractivity contribution in [2.24, 2.45) is 5.92 Å². The van der Waals surface area contributed by atoms with Crippen molar-refractivity contribution < 1.29 is 4.74 Å². The van der Waals surface area contributed by atoms with Crippen LogP contribution in [0.25, 0.3) is 0 Å². The summed E-state index contributed by atoms with van der Waals surface area (Å²) in [5.74, 6) is 0.616. The standard InChI is InChI=1S/C10H16O/c1-8(2)9(3)6-10-4-5-11-7-10/h4-5,10H,6-7H2,1-3H3/t10-/m1/s1. The molecule has 0 N–H and O–H groups in total. The highest BCUT2D eigenvalue weighted by atomic mass is 16.5. The van der Waals surface area contributed by atoms with E-state index in [0.29, 0.717) is 5.92 Å². The first-order chi connectivity index (χ1) is 5.20. The molecule has 0 aromatic rings. The summed E-state index contributed by atoms with van der Waals surface area (Å²) < 4.78 is 5.13. The monoisotopic (exact) mass is 152 g/mol. The quantitative estimate of drug-likeness (QED) is 0.553. The molecule has 1 heteroatoms. The van der Waals surface area contributed by atoms with Crippen LogP contribution >= 0.6 is 0 Å². The van der Waals surface area contributed by atoms with E-state index in [1.807, 2.05) is 6.26 Å². The molecule has 0 unspecified atom stereocenters. The average molecular weight is 152 g/mol. The van der Waals surface area contributed by atoms with E-state index in [1.165, 1.54) is 11.1 Å². The summed E-state index contributed by atoms with van der Waals surface area (Å²) in [7, 11) is 0.